The number of hydrogen-bond acceptors (Lipinski definition) is 3. The molecule has 1 aromatic rings. The van der Waals surface area contributed by atoms with Crippen LogP contribution in [0, 0.1) is 0 Å². The SMILES string of the molecule is CCC(=O)N1CCN(CCC(=O)c2ccccc2)CC1. The fraction of sp³-hybridized carbons (Fsp3) is 0.500. The van der Waals surface area contributed by atoms with Crippen molar-refractivity contribution in [2.24, 2.45) is 0 Å². The van der Waals surface area contributed by atoms with E-state index in [4.69, 9.17) is 0 Å². The van der Waals surface area contributed by atoms with Gasteiger partial charge in [-0.3, -0.25) is 14.5 Å². The first kappa shape index (κ1) is 14.7. The molecule has 0 unspecified atom stereocenters. The lowest BCUT2D eigenvalue weighted by Crippen LogP contribution is -2.48. The van der Waals surface area contributed by atoms with Gasteiger partial charge in [0.1, 0.15) is 0 Å². The highest BCUT2D eigenvalue weighted by Gasteiger charge is 2.20. The fourth-order valence-electron chi connectivity index (χ4n) is 2.47. The molecular formula is C16H22N2O2. The summed E-state index contributed by atoms with van der Waals surface area (Å²) < 4.78 is 0. The minimum atomic E-state index is 0.192. The zero-order chi connectivity index (χ0) is 14.4. The summed E-state index contributed by atoms with van der Waals surface area (Å²) in [6.45, 7) is 5.98. The Bertz CT molecular complexity index is 451. The van der Waals surface area contributed by atoms with Gasteiger partial charge >= 0.3 is 0 Å². The average molecular weight is 274 g/mol. The maximum atomic E-state index is 12.0. The molecule has 0 radical (unpaired) electrons. The quantitative estimate of drug-likeness (QED) is 0.769. The van der Waals surface area contributed by atoms with Crippen LogP contribution in [0.2, 0.25) is 0 Å². The molecule has 0 N–H and O–H groups in total. The zero-order valence-corrected chi connectivity index (χ0v) is 12.0. The lowest BCUT2D eigenvalue weighted by molar-refractivity contribution is -0.132. The predicted molar refractivity (Wildman–Crippen MR) is 78.7 cm³/mol. The Kier molecular flexibility index (Phi) is 5.30. The van der Waals surface area contributed by atoms with Crippen molar-refractivity contribution in [3.05, 3.63) is 35.9 Å². The number of benzene rings is 1. The molecule has 1 fully saturated rings. The van der Waals surface area contributed by atoms with Crippen molar-refractivity contribution < 1.29 is 9.59 Å². The fourth-order valence-corrected chi connectivity index (χ4v) is 2.47. The number of amides is 1. The molecule has 20 heavy (non-hydrogen) atoms. The molecule has 0 aliphatic carbocycles. The maximum Gasteiger partial charge on any atom is 0.222 e. The van der Waals surface area contributed by atoms with Crippen LogP contribution in [0.25, 0.3) is 0 Å². The lowest BCUT2D eigenvalue weighted by atomic mass is 10.1. The minimum absolute atomic E-state index is 0.192. The standard InChI is InChI=1S/C16H22N2O2/c1-2-16(20)18-12-10-17(11-13-18)9-8-15(19)14-6-4-3-5-7-14/h3-7H,2,8-13H2,1H3. The summed E-state index contributed by atoms with van der Waals surface area (Å²) >= 11 is 0. The van der Waals surface area contributed by atoms with Gasteiger partial charge in [0.2, 0.25) is 5.91 Å². The van der Waals surface area contributed by atoms with Gasteiger partial charge in [0.15, 0.2) is 5.78 Å². The number of nitrogens with zero attached hydrogens (tertiary/aromatic N) is 2. The van der Waals surface area contributed by atoms with Crippen LogP contribution in [-0.4, -0.2) is 54.2 Å². The van der Waals surface area contributed by atoms with E-state index >= 15 is 0 Å². The summed E-state index contributed by atoms with van der Waals surface area (Å²) in [4.78, 5) is 27.8. The number of piperazine rings is 1. The maximum absolute atomic E-state index is 12.0. The van der Waals surface area contributed by atoms with Crippen LogP contribution in [0.4, 0.5) is 0 Å². The third kappa shape index (κ3) is 3.90. The summed E-state index contributed by atoms with van der Waals surface area (Å²) in [5, 5.41) is 0. The van der Waals surface area contributed by atoms with Gasteiger partial charge in [0.05, 0.1) is 0 Å². The van der Waals surface area contributed by atoms with Gasteiger partial charge in [-0.25, -0.2) is 0 Å². The zero-order valence-electron chi connectivity index (χ0n) is 12.0. The van der Waals surface area contributed by atoms with Crippen LogP contribution in [0.15, 0.2) is 30.3 Å². The summed E-state index contributed by atoms with van der Waals surface area (Å²) in [6, 6.07) is 9.42. The molecule has 108 valence electrons. The highest BCUT2D eigenvalue weighted by atomic mass is 16.2. The minimum Gasteiger partial charge on any atom is -0.340 e. The number of carbonyl (C=O) groups is 2. The molecule has 1 aliphatic rings. The molecule has 0 bridgehead atoms. The molecule has 0 atom stereocenters. The molecule has 1 amide bonds. The van der Waals surface area contributed by atoms with E-state index in [1.165, 1.54) is 0 Å². The van der Waals surface area contributed by atoms with Crippen LogP contribution in [0.5, 0.6) is 0 Å². The summed E-state index contributed by atoms with van der Waals surface area (Å²) in [5.41, 5.74) is 0.785. The van der Waals surface area contributed by atoms with E-state index in [0.717, 1.165) is 38.3 Å². The summed E-state index contributed by atoms with van der Waals surface area (Å²) in [7, 11) is 0. The second-order valence-electron chi connectivity index (χ2n) is 5.12. The normalized spacial score (nSPS) is 16.1. The van der Waals surface area contributed by atoms with Crippen LogP contribution >= 0.6 is 0 Å². The Hall–Kier alpha value is -1.68. The van der Waals surface area contributed by atoms with Crippen molar-refractivity contribution in [3.8, 4) is 0 Å². The lowest BCUT2D eigenvalue weighted by Gasteiger charge is -2.34. The molecule has 1 heterocycles. The number of Topliss-reactive ketones (excluding diaryl/α,β-unsaturated/α-hetero) is 1. The third-order valence-corrected chi connectivity index (χ3v) is 3.78. The molecule has 1 aliphatic heterocycles. The van der Waals surface area contributed by atoms with E-state index < -0.39 is 0 Å². The molecule has 0 spiro atoms. The number of ketones is 1. The number of rotatable bonds is 5. The Labute approximate surface area is 120 Å². The molecule has 2 rings (SSSR count). The first-order chi connectivity index (χ1) is 9.70. The van der Waals surface area contributed by atoms with E-state index in [0.29, 0.717) is 12.8 Å². The monoisotopic (exact) mass is 274 g/mol. The van der Waals surface area contributed by atoms with Crippen LogP contribution < -0.4 is 0 Å². The van der Waals surface area contributed by atoms with E-state index in [2.05, 4.69) is 4.90 Å². The van der Waals surface area contributed by atoms with Gasteiger partial charge in [0, 0.05) is 51.1 Å². The second kappa shape index (κ2) is 7.20. The van der Waals surface area contributed by atoms with Crippen LogP contribution in [0.1, 0.15) is 30.1 Å². The van der Waals surface area contributed by atoms with Crippen molar-refractivity contribution in [2.75, 3.05) is 32.7 Å². The van der Waals surface area contributed by atoms with Crippen molar-refractivity contribution in [3.63, 3.8) is 0 Å². The highest BCUT2D eigenvalue weighted by Crippen LogP contribution is 2.07. The first-order valence-electron chi connectivity index (χ1n) is 7.29. The summed E-state index contributed by atoms with van der Waals surface area (Å²) in [5.74, 6) is 0.419. The smallest absolute Gasteiger partial charge is 0.222 e. The predicted octanol–water partition coefficient (Wildman–Crippen LogP) is 1.81. The number of hydrogen-bond donors (Lipinski definition) is 0. The van der Waals surface area contributed by atoms with Crippen LogP contribution in [0.3, 0.4) is 0 Å². The summed E-state index contributed by atoms with van der Waals surface area (Å²) in [6.07, 6.45) is 1.12. The molecule has 1 saturated heterocycles. The second-order valence-corrected chi connectivity index (χ2v) is 5.12. The first-order valence-corrected chi connectivity index (χ1v) is 7.29. The Morgan fingerprint density at radius 1 is 1.05 bits per heavy atom. The van der Waals surface area contributed by atoms with E-state index in [1.807, 2.05) is 42.2 Å². The van der Waals surface area contributed by atoms with Crippen molar-refractivity contribution >= 4 is 11.7 Å². The van der Waals surface area contributed by atoms with Gasteiger partial charge in [-0.05, 0) is 0 Å². The topological polar surface area (TPSA) is 40.6 Å². The highest BCUT2D eigenvalue weighted by molar-refractivity contribution is 5.96. The van der Waals surface area contributed by atoms with Crippen LogP contribution in [-0.2, 0) is 4.79 Å². The average Bonchev–Trinajstić information content (AvgIpc) is 2.53. The van der Waals surface area contributed by atoms with Gasteiger partial charge in [-0.1, -0.05) is 37.3 Å². The van der Waals surface area contributed by atoms with Crippen molar-refractivity contribution in [1.29, 1.82) is 0 Å². The number of carbonyl (C=O) groups excluding carboxylic acids is 2. The molecular weight excluding hydrogens is 252 g/mol. The molecule has 4 heteroatoms. The Balaban J connectivity index is 1.74. The van der Waals surface area contributed by atoms with Gasteiger partial charge in [-0.2, -0.15) is 0 Å². The van der Waals surface area contributed by atoms with Crippen molar-refractivity contribution in [2.45, 2.75) is 19.8 Å². The molecule has 1 aromatic carbocycles. The Morgan fingerprint density at radius 3 is 2.30 bits per heavy atom. The van der Waals surface area contributed by atoms with E-state index in [1.54, 1.807) is 0 Å². The molecule has 4 nitrogen and oxygen atoms in total. The third-order valence-electron chi connectivity index (χ3n) is 3.78. The van der Waals surface area contributed by atoms with E-state index in [-0.39, 0.29) is 11.7 Å². The van der Waals surface area contributed by atoms with Gasteiger partial charge < -0.3 is 4.90 Å². The van der Waals surface area contributed by atoms with E-state index in [9.17, 15) is 9.59 Å². The molecule has 0 saturated carbocycles. The molecule has 0 aromatic heterocycles. The van der Waals surface area contributed by atoms with Gasteiger partial charge in [0.25, 0.3) is 0 Å². The van der Waals surface area contributed by atoms with Crippen molar-refractivity contribution in [1.82, 2.24) is 9.80 Å². The van der Waals surface area contributed by atoms with Gasteiger partial charge in [-0.15, -0.1) is 0 Å². The largest absolute Gasteiger partial charge is 0.340 e. The Morgan fingerprint density at radius 2 is 1.70 bits per heavy atom.